The Morgan fingerprint density at radius 2 is 1.83 bits per heavy atom. The fourth-order valence-corrected chi connectivity index (χ4v) is 2.83. The number of hydrogen-bond donors (Lipinski definition) is 2. The number of rotatable bonds is 6. The van der Waals surface area contributed by atoms with Gasteiger partial charge in [-0.15, -0.1) is 0 Å². The molecule has 3 atom stereocenters. The van der Waals surface area contributed by atoms with Crippen LogP contribution < -0.4 is 11.5 Å². The third-order valence-corrected chi connectivity index (χ3v) is 4.30. The standard InChI is InChI=1S/C14H29N3O/c1-11-7-6-8-12(2)17(11)10-5-4-9-14(3,16)13(15)18/h11-12H,4-10,16H2,1-3H3,(H2,15,18)/t11-,12+,14?. The van der Waals surface area contributed by atoms with E-state index in [4.69, 9.17) is 11.5 Å². The summed E-state index contributed by atoms with van der Waals surface area (Å²) in [5.41, 5.74) is 10.3. The minimum absolute atomic E-state index is 0.401. The van der Waals surface area contributed by atoms with Crippen LogP contribution in [0.15, 0.2) is 0 Å². The number of likely N-dealkylation sites (tertiary alicyclic amines) is 1. The van der Waals surface area contributed by atoms with E-state index in [2.05, 4.69) is 18.7 Å². The van der Waals surface area contributed by atoms with Crippen molar-refractivity contribution >= 4 is 5.91 Å². The topological polar surface area (TPSA) is 72.3 Å². The van der Waals surface area contributed by atoms with Crippen LogP contribution in [0.2, 0.25) is 0 Å². The van der Waals surface area contributed by atoms with Crippen molar-refractivity contribution in [2.75, 3.05) is 6.54 Å². The minimum atomic E-state index is -0.848. The summed E-state index contributed by atoms with van der Waals surface area (Å²) < 4.78 is 0. The number of primary amides is 1. The van der Waals surface area contributed by atoms with E-state index in [0.717, 1.165) is 19.4 Å². The van der Waals surface area contributed by atoms with E-state index in [1.54, 1.807) is 6.92 Å². The van der Waals surface area contributed by atoms with Gasteiger partial charge in [0.05, 0.1) is 5.54 Å². The number of hydrogen-bond acceptors (Lipinski definition) is 3. The van der Waals surface area contributed by atoms with Gasteiger partial charge in [-0.25, -0.2) is 0 Å². The van der Waals surface area contributed by atoms with Gasteiger partial charge in [0.2, 0.25) is 5.91 Å². The highest BCUT2D eigenvalue weighted by atomic mass is 16.1. The van der Waals surface area contributed by atoms with Crippen LogP contribution in [0.25, 0.3) is 0 Å². The molecule has 0 spiro atoms. The Balaban J connectivity index is 2.27. The molecule has 0 radical (unpaired) electrons. The van der Waals surface area contributed by atoms with Gasteiger partial charge in [-0.2, -0.15) is 0 Å². The lowest BCUT2D eigenvalue weighted by Crippen LogP contribution is -2.49. The zero-order chi connectivity index (χ0) is 13.8. The quantitative estimate of drug-likeness (QED) is 0.708. The first-order chi connectivity index (χ1) is 8.34. The van der Waals surface area contributed by atoms with Crippen LogP contribution in [-0.2, 0) is 4.79 Å². The molecule has 0 saturated carbocycles. The van der Waals surface area contributed by atoms with Gasteiger partial charge < -0.3 is 11.5 Å². The predicted molar refractivity (Wildman–Crippen MR) is 75.1 cm³/mol. The fourth-order valence-electron chi connectivity index (χ4n) is 2.83. The monoisotopic (exact) mass is 255 g/mol. The number of carbonyl (C=O) groups excluding carboxylic acids is 1. The highest BCUT2D eigenvalue weighted by Gasteiger charge is 2.26. The van der Waals surface area contributed by atoms with Crippen molar-refractivity contribution in [2.45, 2.75) is 76.9 Å². The first kappa shape index (κ1) is 15.4. The summed E-state index contributed by atoms with van der Waals surface area (Å²) in [6, 6.07) is 1.38. The van der Waals surface area contributed by atoms with E-state index < -0.39 is 11.4 Å². The zero-order valence-electron chi connectivity index (χ0n) is 12.1. The zero-order valence-corrected chi connectivity index (χ0v) is 12.1. The molecule has 1 fully saturated rings. The number of carbonyl (C=O) groups is 1. The van der Waals surface area contributed by atoms with Gasteiger partial charge in [-0.05, 0) is 59.4 Å². The number of nitrogens with zero attached hydrogens (tertiary/aromatic N) is 1. The minimum Gasteiger partial charge on any atom is -0.368 e. The number of piperidine rings is 1. The smallest absolute Gasteiger partial charge is 0.237 e. The maximum atomic E-state index is 11.1. The van der Waals surface area contributed by atoms with E-state index >= 15 is 0 Å². The van der Waals surface area contributed by atoms with Crippen molar-refractivity contribution < 1.29 is 4.79 Å². The maximum Gasteiger partial charge on any atom is 0.237 e. The number of amides is 1. The molecule has 0 aromatic carbocycles. The molecule has 18 heavy (non-hydrogen) atoms. The van der Waals surface area contributed by atoms with E-state index in [1.165, 1.54) is 19.3 Å². The normalized spacial score (nSPS) is 28.9. The largest absolute Gasteiger partial charge is 0.368 e. The van der Waals surface area contributed by atoms with E-state index in [1.807, 2.05) is 0 Å². The summed E-state index contributed by atoms with van der Waals surface area (Å²) in [4.78, 5) is 13.7. The molecular weight excluding hydrogens is 226 g/mol. The van der Waals surface area contributed by atoms with Crippen LogP contribution in [0, 0.1) is 0 Å². The van der Waals surface area contributed by atoms with Crippen LogP contribution in [0.3, 0.4) is 0 Å². The lowest BCUT2D eigenvalue weighted by Gasteiger charge is -2.39. The van der Waals surface area contributed by atoms with E-state index in [9.17, 15) is 4.79 Å². The summed E-state index contributed by atoms with van der Waals surface area (Å²) in [6.45, 7) is 7.46. The summed E-state index contributed by atoms with van der Waals surface area (Å²) in [6.07, 6.45) is 6.70. The predicted octanol–water partition coefficient (Wildman–Crippen LogP) is 1.62. The van der Waals surface area contributed by atoms with Crippen molar-refractivity contribution in [2.24, 2.45) is 11.5 Å². The highest BCUT2D eigenvalue weighted by molar-refractivity contribution is 5.83. The van der Waals surface area contributed by atoms with E-state index in [0.29, 0.717) is 18.5 Å². The molecular formula is C14H29N3O. The molecule has 106 valence electrons. The molecule has 0 aromatic heterocycles. The van der Waals surface area contributed by atoms with Crippen molar-refractivity contribution in [3.63, 3.8) is 0 Å². The summed E-state index contributed by atoms with van der Waals surface area (Å²) in [5, 5.41) is 0. The first-order valence-electron chi connectivity index (χ1n) is 7.19. The fraction of sp³-hybridized carbons (Fsp3) is 0.929. The van der Waals surface area contributed by atoms with Crippen molar-refractivity contribution in [1.82, 2.24) is 4.90 Å². The van der Waals surface area contributed by atoms with Gasteiger partial charge >= 0.3 is 0 Å². The Kier molecular flexibility index (Phi) is 5.60. The third kappa shape index (κ3) is 4.25. The SMILES string of the molecule is C[C@@H]1CCC[C@H](C)N1CCCCC(C)(N)C(N)=O. The van der Waals surface area contributed by atoms with Gasteiger partial charge in [-0.1, -0.05) is 6.42 Å². The molecule has 0 bridgehead atoms. The second kappa shape index (κ2) is 6.53. The average molecular weight is 255 g/mol. The summed E-state index contributed by atoms with van der Waals surface area (Å²) in [7, 11) is 0. The molecule has 1 aliphatic heterocycles. The second-order valence-corrected chi connectivity index (χ2v) is 6.11. The van der Waals surface area contributed by atoms with Crippen LogP contribution in [-0.4, -0.2) is 35.0 Å². The Morgan fingerprint density at radius 3 is 2.33 bits per heavy atom. The lowest BCUT2D eigenvalue weighted by atomic mass is 9.94. The van der Waals surface area contributed by atoms with Gasteiger partial charge in [0, 0.05) is 12.1 Å². The molecule has 1 amide bonds. The van der Waals surface area contributed by atoms with E-state index in [-0.39, 0.29) is 0 Å². The first-order valence-corrected chi connectivity index (χ1v) is 7.19. The maximum absolute atomic E-state index is 11.1. The molecule has 1 aliphatic rings. The summed E-state index contributed by atoms with van der Waals surface area (Å²) >= 11 is 0. The van der Waals surface area contributed by atoms with Crippen LogP contribution >= 0.6 is 0 Å². The van der Waals surface area contributed by atoms with Crippen LogP contribution in [0.1, 0.15) is 59.3 Å². The second-order valence-electron chi connectivity index (χ2n) is 6.11. The van der Waals surface area contributed by atoms with Crippen molar-refractivity contribution in [3.8, 4) is 0 Å². The van der Waals surface area contributed by atoms with Gasteiger partial charge in [-0.3, -0.25) is 9.69 Å². The molecule has 4 heteroatoms. The Bertz CT molecular complexity index is 268. The highest BCUT2D eigenvalue weighted by Crippen LogP contribution is 2.23. The van der Waals surface area contributed by atoms with Crippen LogP contribution in [0.4, 0.5) is 0 Å². The molecule has 1 saturated heterocycles. The van der Waals surface area contributed by atoms with Gasteiger partial charge in [0.15, 0.2) is 0 Å². The molecule has 1 heterocycles. The number of unbranched alkanes of at least 4 members (excludes halogenated alkanes) is 1. The van der Waals surface area contributed by atoms with Crippen molar-refractivity contribution in [1.29, 1.82) is 0 Å². The van der Waals surface area contributed by atoms with Gasteiger partial charge in [0.1, 0.15) is 0 Å². The summed E-state index contributed by atoms with van der Waals surface area (Å²) in [5.74, 6) is -0.401. The molecule has 0 aromatic rings. The molecule has 4 nitrogen and oxygen atoms in total. The van der Waals surface area contributed by atoms with Gasteiger partial charge in [0.25, 0.3) is 0 Å². The molecule has 1 rings (SSSR count). The molecule has 0 aliphatic carbocycles. The lowest BCUT2D eigenvalue weighted by molar-refractivity contribution is -0.122. The van der Waals surface area contributed by atoms with Crippen molar-refractivity contribution in [3.05, 3.63) is 0 Å². The Labute approximate surface area is 111 Å². The third-order valence-electron chi connectivity index (χ3n) is 4.30. The average Bonchev–Trinajstić information content (AvgIpc) is 2.27. The van der Waals surface area contributed by atoms with Crippen LogP contribution in [0.5, 0.6) is 0 Å². The molecule has 1 unspecified atom stereocenters. The Hall–Kier alpha value is -0.610. The number of nitrogens with two attached hydrogens (primary N) is 2. The molecule has 4 N–H and O–H groups in total. The Morgan fingerprint density at radius 1 is 1.28 bits per heavy atom.